The Balaban J connectivity index is 1.70. The third-order valence-electron chi connectivity index (χ3n) is 6.39. The average molecular weight is 501 g/mol. The first-order valence-corrected chi connectivity index (χ1v) is 11.8. The van der Waals surface area contributed by atoms with Crippen molar-refractivity contribution in [2.75, 3.05) is 11.1 Å². The van der Waals surface area contributed by atoms with E-state index in [0.717, 1.165) is 27.9 Å². The van der Waals surface area contributed by atoms with Crippen LogP contribution in [0.2, 0.25) is 0 Å². The molecule has 0 atom stereocenters. The van der Waals surface area contributed by atoms with Gasteiger partial charge in [0, 0.05) is 23.9 Å². The number of hydrogen-bond donors (Lipinski definition) is 3. The molecule has 0 saturated carbocycles. The minimum absolute atomic E-state index is 0.125. The van der Waals surface area contributed by atoms with Crippen molar-refractivity contribution in [3.63, 3.8) is 0 Å². The number of carbonyl (C=O) groups excluding carboxylic acids is 1. The summed E-state index contributed by atoms with van der Waals surface area (Å²) in [5, 5.41) is 23.4. The van der Waals surface area contributed by atoms with Gasteiger partial charge in [-0.25, -0.2) is 9.97 Å². The van der Waals surface area contributed by atoms with Crippen LogP contribution in [0.3, 0.4) is 0 Å². The number of nitrogens with one attached hydrogen (secondary N) is 1. The summed E-state index contributed by atoms with van der Waals surface area (Å²) in [5.41, 5.74) is 13.2. The summed E-state index contributed by atoms with van der Waals surface area (Å²) in [5.74, 6) is 0.203. The Morgan fingerprint density at radius 3 is 2.47 bits per heavy atom. The van der Waals surface area contributed by atoms with Gasteiger partial charge in [-0.1, -0.05) is 43.0 Å². The van der Waals surface area contributed by atoms with Gasteiger partial charge in [0.2, 0.25) is 0 Å². The zero-order valence-corrected chi connectivity index (χ0v) is 20.9. The van der Waals surface area contributed by atoms with Gasteiger partial charge < -0.3 is 20.7 Å². The molecule has 8 heteroatoms. The molecule has 38 heavy (non-hydrogen) atoms. The summed E-state index contributed by atoms with van der Waals surface area (Å²) in [6, 6.07) is 22.1. The fourth-order valence-corrected chi connectivity index (χ4v) is 4.56. The molecule has 3 aromatic carbocycles. The van der Waals surface area contributed by atoms with Crippen molar-refractivity contribution in [1.82, 2.24) is 14.5 Å². The van der Waals surface area contributed by atoms with Crippen molar-refractivity contribution in [1.29, 1.82) is 5.26 Å². The number of amides is 1. The van der Waals surface area contributed by atoms with Crippen molar-refractivity contribution in [3.05, 3.63) is 90.8 Å². The largest absolute Gasteiger partial charge is 0.508 e. The Morgan fingerprint density at radius 1 is 1.05 bits per heavy atom. The number of fused-ring (bicyclic) bond motifs is 1. The molecule has 0 aliphatic heterocycles. The molecule has 0 spiro atoms. The number of nitrogens with zero attached hydrogens (tertiary/aromatic N) is 4. The first-order valence-electron chi connectivity index (χ1n) is 11.8. The fourth-order valence-electron chi connectivity index (χ4n) is 4.56. The predicted octanol–water partition coefficient (Wildman–Crippen LogP) is 5.64. The van der Waals surface area contributed by atoms with Crippen LogP contribution in [-0.4, -0.2) is 25.5 Å². The highest BCUT2D eigenvalue weighted by Crippen LogP contribution is 2.43. The second-order valence-corrected chi connectivity index (χ2v) is 8.97. The maximum atomic E-state index is 12.0. The Kier molecular flexibility index (Phi) is 6.11. The van der Waals surface area contributed by atoms with E-state index in [1.165, 1.54) is 6.33 Å². The van der Waals surface area contributed by atoms with E-state index in [4.69, 9.17) is 5.73 Å². The number of nitrogen functional groups attached to an aromatic ring is 1. The van der Waals surface area contributed by atoms with Crippen LogP contribution in [0.4, 0.5) is 11.5 Å². The summed E-state index contributed by atoms with van der Waals surface area (Å²) in [7, 11) is 1.90. The number of nitrogens with two attached hydrogens (primary N) is 1. The smallest absolute Gasteiger partial charge is 0.250 e. The maximum Gasteiger partial charge on any atom is 0.250 e. The molecular weight excluding hydrogens is 476 g/mol. The molecule has 2 aromatic heterocycles. The van der Waals surface area contributed by atoms with Gasteiger partial charge in [-0.15, -0.1) is 0 Å². The number of benzene rings is 3. The lowest BCUT2D eigenvalue weighted by molar-refractivity contribution is -0.112. The Labute approximate surface area is 219 Å². The molecule has 0 bridgehead atoms. The van der Waals surface area contributed by atoms with Crippen LogP contribution in [0.5, 0.6) is 5.75 Å². The lowest BCUT2D eigenvalue weighted by Crippen LogP contribution is -2.11. The number of aryl methyl sites for hydroxylation is 1. The van der Waals surface area contributed by atoms with Crippen LogP contribution in [0.15, 0.2) is 85.2 Å². The van der Waals surface area contributed by atoms with Crippen LogP contribution in [0.1, 0.15) is 12.5 Å². The zero-order chi connectivity index (χ0) is 27.0. The van der Waals surface area contributed by atoms with Gasteiger partial charge in [0.25, 0.3) is 5.91 Å². The molecule has 8 nitrogen and oxygen atoms in total. The van der Waals surface area contributed by atoms with Crippen LogP contribution >= 0.6 is 0 Å². The Morgan fingerprint density at radius 2 is 1.79 bits per heavy atom. The van der Waals surface area contributed by atoms with E-state index in [1.807, 2.05) is 60.1 Å². The monoisotopic (exact) mass is 500 g/mol. The SMILES string of the molecule is C=C(C)C(=O)Nc1ccc(-c2c(-c3ccc(-c4cccc(O)c4)c(C#N)c3)c3c(N)ncnc3n2C)cc1. The van der Waals surface area contributed by atoms with E-state index < -0.39 is 0 Å². The van der Waals surface area contributed by atoms with Gasteiger partial charge in [0.1, 0.15) is 23.5 Å². The molecule has 0 fully saturated rings. The van der Waals surface area contributed by atoms with Crippen LogP contribution in [-0.2, 0) is 11.8 Å². The number of carbonyl (C=O) groups is 1. The van der Waals surface area contributed by atoms with E-state index in [0.29, 0.717) is 39.2 Å². The molecule has 5 rings (SSSR count). The number of aromatic nitrogens is 3. The quantitative estimate of drug-likeness (QED) is 0.268. The summed E-state index contributed by atoms with van der Waals surface area (Å²) < 4.78 is 1.94. The van der Waals surface area contributed by atoms with Gasteiger partial charge in [-0.2, -0.15) is 5.26 Å². The van der Waals surface area contributed by atoms with Crippen molar-refractivity contribution >= 4 is 28.4 Å². The third-order valence-corrected chi connectivity index (χ3v) is 6.39. The maximum absolute atomic E-state index is 12.0. The molecule has 2 heterocycles. The molecule has 1 amide bonds. The van der Waals surface area contributed by atoms with Crippen molar-refractivity contribution < 1.29 is 9.90 Å². The predicted molar refractivity (Wildman–Crippen MR) is 149 cm³/mol. The number of phenolic OH excluding ortho intramolecular Hbond substituents is 1. The molecule has 0 radical (unpaired) electrons. The van der Waals surface area contributed by atoms with Gasteiger partial charge in [-0.05, 0) is 59.5 Å². The number of phenols is 1. The second kappa shape index (κ2) is 9.56. The van der Waals surface area contributed by atoms with E-state index in [2.05, 4.69) is 27.9 Å². The lowest BCUT2D eigenvalue weighted by Gasteiger charge is -2.12. The van der Waals surface area contributed by atoms with Crippen molar-refractivity contribution in [2.45, 2.75) is 6.92 Å². The van der Waals surface area contributed by atoms with Gasteiger partial charge in [0.05, 0.1) is 22.7 Å². The van der Waals surface area contributed by atoms with Crippen molar-refractivity contribution in [2.24, 2.45) is 7.05 Å². The highest BCUT2D eigenvalue weighted by Gasteiger charge is 2.23. The minimum Gasteiger partial charge on any atom is -0.508 e. The van der Waals surface area contributed by atoms with Gasteiger partial charge >= 0.3 is 0 Å². The third kappa shape index (κ3) is 4.22. The topological polar surface area (TPSA) is 130 Å². The number of nitriles is 1. The van der Waals surface area contributed by atoms with E-state index >= 15 is 0 Å². The minimum atomic E-state index is -0.248. The summed E-state index contributed by atoms with van der Waals surface area (Å²) in [4.78, 5) is 20.7. The second-order valence-electron chi connectivity index (χ2n) is 8.97. The van der Waals surface area contributed by atoms with E-state index in [1.54, 1.807) is 25.1 Å². The van der Waals surface area contributed by atoms with Gasteiger partial charge in [0.15, 0.2) is 0 Å². The first kappa shape index (κ1) is 24.3. The molecule has 0 aliphatic rings. The van der Waals surface area contributed by atoms with E-state index in [-0.39, 0.29) is 11.7 Å². The number of hydrogen-bond acceptors (Lipinski definition) is 6. The standard InChI is InChI=1S/C30H24N6O2/c1-17(2)30(38)35-22-10-7-18(8-11-22)27-25(26-28(32)33-16-34-29(26)36(27)3)20-9-12-24(21(13-20)15-31)19-5-4-6-23(37)14-19/h4-14,16,37H,1H2,2-3H3,(H,35,38)(H2,32,33,34). The number of aromatic hydroxyl groups is 1. The highest BCUT2D eigenvalue weighted by molar-refractivity contribution is 6.08. The Hall–Kier alpha value is -5.42. The number of rotatable bonds is 5. The molecule has 0 aliphatic carbocycles. The normalized spacial score (nSPS) is 10.8. The highest BCUT2D eigenvalue weighted by atomic mass is 16.3. The van der Waals surface area contributed by atoms with Crippen LogP contribution < -0.4 is 11.1 Å². The summed E-state index contributed by atoms with van der Waals surface area (Å²) >= 11 is 0. The molecule has 0 saturated heterocycles. The van der Waals surface area contributed by atoms with Crippen LogP contribution in [0.25, 0.3) is 44.5 Å². The molecular formula is C30H24N6O2. The van der Waals surface area contributed by atoms with Crippen LogP contribution in [0, 0.1) is 11.3 Å². The molecule has 0 unspecified atom stereocenters. The molecule has 5 aromatic rings. The fraction of sp³-hybridized carbons (Fsp3) is 0.0667. The lowest BCUT2D eigenvalue weighted by atomic mass is 9.93. The summed E-state index contributed by atoms with van der Waals surface area (Å²) in [6.45, 7) is 5.33. The summed E-state index contributed by atoms with van der Waals surface area (Å²) in [6.07, 6.45) is 1.42. The van der Waals surface area contributed by atoms with Crippen molar-refractivity contribution in [3.8, 4) is 45.3 Å². The zero-order valence-electron chi connectivity index (χ0n) is 20.9. The first-order chi connectivity index (χ1) is 18.3. The molecule has 186 valence electrons. The Bertz CT molecular complexity index is 1780. The van der Waals surface area contributed by atoms with E-state index in [9.17, 15) is 15.2 Å². The van der Waals surface area contributed by atoms with Gasteiger partial charge in [-0.3, -0.25) is 4.79 Å². The molecule has 4 N–H and O–H groups in total. The average Bonchev–Trinajstić information content (AvgIpc) is 3.22. The number of anilines is 2.